The fraction of sp³-hybridized carbons (Fsp3) is 0.591. The van der Waals surface area contributed by atoms with Crippen LogP contribution in [-0.2, 0) is 11.3 Å². The van der Waals surface area contributed by atoms with Crippen molar-refractivity contribution in [2.75, 3.05) is 0 Å². The number of carbonyl (C=O) groups excluding carboxylic acids is 1. The topological polar surface area (TPSA) is 64.0 Å². The lowest BCUT2D eigenvalue weighted by molar-refractivity contribution is -0.121. The van der Waals surface area contributed by atoms with Crippen LogP contribution in [0.25, 0.3) is 10.9 Å². The van der Waals surface area contributed by atoms with Gasteiger partial charge in [0, 0.05) is 12.6 Å². The van der Waals surface area contributed by atoms with Crippen LogP contribution in [0.5, 0.6) is 0 Å². The van der Waals surface area contributed by atoms with E-state index in [1.54, 1.807) is 4.57 Å². The molecule has 0 bridgehead atoms. The van der Waals surface area contributed by atoms with Gasteiger partial charge in [-0.3, -0.25) is 14.2 Å². The molecular weight excluding hydrogens is 370 g/mol. The van der Waals surface area contributed by atoms with Crippen LogP contribution in [0.2, 0.25) is 0 Å². The highest BCUT2D eigenvalue weighted by atomic mass is 32.2. The van der Waals surface area contributed by atoms with Crippen LogP contribution in [-0.4, -0.2) is 26.8 Å². The van der Waals surface area contributed by atoms with E-state index in [0.29, 0.717) is 28.5 Å². The molecule has 1 N–H and O–H groups in total. The van der Waals surface area contributed by atoms with Crippen LogP contribution in [0.1, 0.15) is 59.3 Å². The van der Waals surface area contributed by atoms with Crippen LogP contribution in [0.15, 0.2) is 34.2 Å². The fourth-order valence-corrected chi connectivity index (χ4v) is 4.74. The van der Waals surface area contributed by atoms with E-state index in [1.165, 1.54) is 31.0 Å². The van der Waals surface area contributed by atoms with Gasteiger partial charge in [-0.15, -0.1) is 0 Å². The number of unbranched alkanes of at least 4 members (excludes halogenated alkanes) is 1. The lowest BCUT2D eigenvalue weighted by Gasteiger charge is -2.30. The quantitative estimate of drug-likeness (QED) is 0.553. The minimum absolute atomic E-state index is 0.0185. The Morgan fingerprint density at radius 1 is 1.32 bits per heavy atom. The van der Waals surface area contributed by atoms with Gasteiger partial charge < -0.3 is 5.32 Å². The number of rotatable bonds is 7. The second kappa shape index (κ2) is 9.59. The molecule has 3 rings (SSSR count). The van der Waals surface area contributed by atoms with Gasteiger partial charge in [0.15, 0.2) is 5.16 Å². The molecule has 6 heteroatoms. The number of fused-ring (bicyclic) bond motifs is 1. The second-order valence-electron chi connectivity index (χ2n) is 7.86. The van der Waals surface area contributed by atoms with E-state index in [9.17, 15) is 9.59 Å². The van der Waals surface area contributed by atoms with E-state index in [-0.39, 0.29) is 22.8 Å². The maximum atomic E-state index is 13.0. The number of hydrogen-bond acceptors (Lipinski definition) is 4. The molecule has 1 saturated carbocycles. The van der Waals surface area contributed by atoms with Gasteiger partial charge in [0.2, 0.25) is 5.91 Å². The number of amides is 1. The average molecular weight is 402 g/mol. The van der Waals surface area contributed by atoms with Gasteiger partial charge >= 0.3 is 0 Å². The smallest absolute Gasteiger partial charge is 0.262 e. The van der Waals surface area contributed by atoms with Crippen LogP contribution < -0.4 is 10.9 Å². The number of hydrogen-bond donors (Lipinski definition) is 1. The molecule has 1 aromatic heterocycles. The summed E-state index contributed by atoms with van der Waals surface area (Å²) in [6, 6.07) is 7.70. The van der Waals surface area contributed by atoms with Crippen LogP contribution >= 0.6 is 11.8 Å². The molecule has 1 aromatic carbocycles. The first-order valence-electron chi connectivity index (χ1n) is 10.5. The van der Waals surface area contributed by atoms with E-state index in [0.717, 1.165) is 19.3 Å². The zero-order valence-electron chi connectivity index (χ0n) is 17.1. The standard InChI is InChI=1S/C22H31N3O2S/c1-4-5-14-25-21(27)17-11-7-9-13-19(17)24-22(25)28-16(3)20(26)23-18-12-8-6-10-15(18)2/h7,9,11,13,15-16,18H,4-6,8,10,12,14H2,1-3H3,(H,23,26)/t15-,16+,18+/m0/s1. The van der Waals surface area contributed by atoms with Crippen LogP contribution in [0.4, 0.5) is 0 Å². The molecular formula is C22H31N3O2S. The molecule has 1 fully saturated rings. The highest BCUT2D eigenvalue weighted by molar-refractivity contribution is 8.00. The Labute approximate surface area is 171 Å². The number of nitrogens with one attached hydrogen (secondary N) is 1. The number of aromatic nitrogens is 2. The maximum Gasteiger partial charge on any atom is 0.262 e. The molecule has 0 saturated heterocycles. The minimum Gasteiger partial charge on any atom is -0.352 e. The van der Waals surface area contributed by atoms with Crippen LogP contribution in [0, 0.1) is 5.92 Å². The minimum atomic E-state index is -0.296. The molecule has 152 valence electrons. The highest BCUT2D eigenvalue weighted by Gasteiger charge is 2.26. The summed E-state index contributed by atoms with van der Waals surface area (Å²) in [5, 5.41) is 4.20. The van der Waals surface area contributed by atoms with Crippen molar-refractivity contribution in [1.29, 1.82) is 0 Å². The molecule has 1 aliphatic carbocycles. The number of carbonyl (C=O) groups is 1. The van der Waals surface area contributed by atoms with E-state index in [4.69, 9.17) is 4.98 Å². The Bertz CT molecular complexity index is 880. The van der Waals surface area contributed by atoms with Crippen molar-refractivity contribution in [3.63, 3.8) is 0 Å². The Morgan fingerprint density at radius 3 is 2.82 bits per heavy atom. The summed E-state index contributed by atoms with van der Waals surface area (Å²) in [5.74, 6) is 0.560. The van der Waals surface area contributed by atoms with Crippen LogP contribution in [0.3, 0.4) is 0 Å². The largest absolute Gasteiger partial charge is 0.352 e. The van der Waals surface area contributed by atoms with Gasteiger partial charge in [0.05, 0.1) is 16.2 Å². The van der Waals surface area contributed by atoms with Crippen molar-refractivity contribution in [2.24, 2.45) is 5.92 Å². The molecule has 1 aliphatic rings. The normalized spacial score (nSPS) is 20.8. The first-order valence-corrected chi connectivity index (χ1v) is 11.4. The average Bonchev–Trinajstić information content (AvgIpc) is 2.69. The SMILES string of the molecule is CCCCn1c(S[C@H](C)C(=O)N[C@@H]2CCCC[C@@H]2C)nc2ccccc2c1=O. The zero-order valence-corrected chi connectivity index (χ0v) is 17.9. The maximum absolute atomic E-state index is 13.0. The Hall–Kier alpha value is -1.82. The van der Waals surface area contributed by atoms with E-state index in [2.05, 4.69) is 19.2 Å². The third-order valence-electron chi connectivity index (χ3n) is 5.65. The Morgan fingerprint density at radius 2 is 2.07 bits per heavy atom. The van der Waals surface area contributed by atoms with Gasteiger partial charge in [0.1, 0.15) is 0 Å². The predicted octanol–water partition coefficient (Wildman–Crippen LogP) is 4.37. The summed E-state index contributed by atoms with van der Waals surface area (Å²) >= 11 is 1.39. The zero-order chi connectivity index (χ0) is 20.1. The molecule has 3 atom stereocenters. The van der Waals surface area contributed by atoms with E-state index in [1.807, 2.05) is 31.2 Å². The summed E-state index contributed by atoms with van der Waals surface area (Å²) in [4.78, 5) is 30.5. The Balaban J connectivity index is 1.81. The molecule has 5 nitrogen and oxygen atoms in total. The summed E-state index contributed by atoms with van der Waals surface area (Å²) in [7, 11) is 0. The summed E-state index contributed by atoms with van der Waals surface area (Å²) in [6.07, 6.45) is 6.57. The predicted molar refractivity (Wildman–Crippen MR) is 116 cm³/mol. The van der Waals surface area contributed by atoms with Gasteiger partial charge in [-0.2, -0.15) is 0 Å². The number of thioether (sulfide) groups is 1. The highest BCUT2D eigenvalue weighted by Crippen LogP contribution is 2.26. The first-order chi connectivity index (χ1) is 13.5. The lowest BCUT2D eigenvalue weighted by atomic mass is 9.86. The first kappa shape index (κ1) is 20.9. The molecule has 1 amide bonds. The van der Waals surface area contributed by atoms with Crippen molar-refractivity contribution < 1.29 is 4.79 Å². The molecule has 1 heterocycles. The van der Waals surface area contributed by atoms with Crippen molar-refractivity contribution in [2.45, 2.75) is 82.3 Å². The molecule has 0 radical (unpaired) electrons. The summed E-state index contributed by atoms with van der Waals surface area (Å²) in [6.45, 7) is 6.85. The monoisotopic (exact) mass is 401 g/mol. The molecule has 0 spiro atoms. The number of nitrogens with zero attached hydrogens (tertiary/aromatic N) is 2. The molecule has 2 aromatic rings. The number of para-hydroxylation sites is 1. The van der Waals surface area contributed by atoms with Gasteiger partial charge in [0.25, 0.3) is 5.56 Å². The van der Waals surface area contributed by atoms with Gasteiger partial charge in [-0.25, -0.2) is 4.98 Å². The number of benzene rings is 1. The third kappa shape index (κ3) is 4.77. The van der Waals surface area contributed by atoms with Gasteiger partial charge in [-0.05, 0) is 44.2 Å². The summed E-state index contributed by atoms with van der Waals surface area (Å²) in [5.41, 5.74) is 0.673. The molecule has 0 aliphatic heterocycles. The summed E-state index contributed by atoms with van der Waals surface area (Å²) < 4.78 is 1.74. The van der Waals surface area contributed by atoms with Crippen molar-refractivity contribution in [1.82, 2.24) is 14.9 Å². The molecule has 28 heavy (non-hydrogen) atoms. The van der Waals surface area contributed by atoms with Crippen molar-refractivity contribution in [3.05, 3.63) is 34.6 Å². The molecule has 0 unspecified atom stereocenters. The second-order valence-corrected chi connectivity index (χ2v) is 9.17. The van der Waals surface area contributed by atoms with E-state index < -0.39 is 0 Å². The van der Waals surface area contributed by atoms with E-state index >= 15 is 0 Å². The van der Waals surface area contributed by atoms with Crippen molar-refractivity contribution in [3.8, 4) is 0 Å². The van der Waals surface area contributed by atoms with Gasteiger partial charge in [-0.1, -0.05) is 57.0 Å². The van der Waals surface area contributed by atoms with Crippen molar-refractivity contribution >= 4 is 28.6 Å². The Kier molecular flexibility index (Phi) is 7.16. The fourth-order valence-electron chi connectivity index (χ4n) is 3.79. The lowest BCUT2D eigenvalue weighted by Crippen LogP contribution is -2.44. The third-order valence-corrected chi connectivity index (χ3v) is 6.74.